The minimum Gasteiger partial charge on any atom is -0.381 e. The topological polar surface area (TPSA) is 64.7 Å². The molecule has 2 rings (SSSR count). The lowest BCUT2D eigenvalue weighted by atomic mass is 10.2. The summed E-state index contributed by atoms with van der Waals surface area (Å²) in [5.41, 5.74) is 7.30. The average molecular weight is 218 g/mol. The second-order valence-electron chi connectivity index (χ2n) is 3.55. The Morgan fingerprint density at radius 2 is 2.00 bits per heavy atom. The Labute approximate surface area is 92.4 Å². The van der Waals surface area contributed by atoms with E-state index in [-0.39, 0.29) is 11.5 Å². The first-order valence-electron chi connectivity index (χ1n) is 4.80. The van der Waals surface area contributed by atoms with Gasteiger partial charge in [0.05, 0.1) is 5.69 Å². The van der Waals surface area contributed by atoms with Crippen LogP contribution in [-0.2, 0) is 0 Å². The van der Waals surface area contributed by atoms with Gasteiger partial charge in [0.2, 0.25) is 0 Å². The average Bonchev–Trinajstić information content (AvgIpc) is 2.25. The molecular formula is C11H11FN4. The summed E-state index contributed by atoms with van der Waals surface area (Å²) in [5, 5.41) is 0. The van der Waals surface area contributed by atoms with Gasteiger partial charge in [-0.15, -0.1) is 0 Å². The summed E-state index contributed by atoms with van der Waals surface area (Å²) < 4.78 is 13.2. The first-order chi connectivity index (χ1) is 7.58. The predicted molar refractivity (Wildman–Crippen MR) is 59.1 cm³/mol. The molecule has 2 aromatic rings. The second-order valence-corrected chi connectivity index (χ2v) is 3.55. The maximum absolute atomic E-state index is 13.2. The SMILES string of the molecule is Cc1ccnc(-c2nc(C)c(F)c(N)n2)c1. The molecule has 0 atom stereocenters. The van der Waals surface area contributed by atoms with E-state index in [2.05, 4.69) is 15.0 Å². The standard InChI is InChI=1S/C11H11FN4/c1-6-3-4-14-8(5-6)11-15-7(2)9(12)10(13)16-11/h3-5H,1-2H3,(H2,13,15,16). The van der Waals surface area contributed by atoms with Crippen LogP contribution >= 0.6 is 0 Å². The highest BCUT2D eigenvalue weighted by Crippen LogP contribution is 2.17. The van der Waals surface area contributed by atoms with E-state index in [1.54, 1.807) is 13.1 Å². The lowest BCUT2D eigenvalue weighted by Gasteiger charge is -2.04. The highest BCUT2D eigenvalue weighted by atomic mass is 19.1. The number of aryl methyl sites for hydroxylation is 2. The minimum absolute atomic E-state index is 0.147. The number of nitrogens with two attached hydrogens (primary N) is 1. The summed E-state index contributed by atoms with van der Waals surface area (Å²) in [5.74, 6) is -0.373. The molecule has 5 heteroatoms. The fourth-order valence-electron chi connectivity index (χ4n) is 1.35. The molecule has 2 N–H and O–H groups in total. The summed E-state index contributed by atoms with van der Waals surface area (Å²) in [4.78, 5) is 12.0. The molecule has 0 radical (unpaired) electrons. The summed E-state index contributed by atoms with van der Waals surface area (Å²) in [6.45, 7) is 3.48. The molecule has 0 fully saturated rings. The molecule has 0 amide bonds. The van der Waals surface area contributed by atoms with Crippen molar-refractivity contribution in [3.63, 3.8) is 0 Å². The molecule has 0 saturated heterocycles. The van der Waals surface area contributed by atoms with E-state index in [1.165, 1.54) is 0 Å². The summed E-state index contributed by atoms with van der Waals surface area (Å²) in [6.07, 6.45) is 1.66. The Hall–Kier alpha value is -2.04. The van der Waals surface area contributed by atoms with Crippen LogP contribution in [0.4, 0.5) is 10.2 Å². The largest absolute Gasteiger partial charge is 0.381 e. The maximum atomic E-state index is 13.2. The summed E-state index contributed by atoms with van der Waals surface area (Å²) in [6, 6.07) is 3.69. The number of hydrogen-bond donors (Lipinski definition) is 1. The first-order valence-corrected chi connectivity index (χ1v) is 4.80. The number of nitrogen functional groups attached to an aromatic ring is 1. The fraction of sp³-hybridized carbons (Fsp3) is 0.182. The molecule has 0 unspecified atom stereocenters. The molecule has 0 aliphatic carbocycles. The van der Waals surface area contributed by atoms with E-state index in [0.29, 0.717) is 11.5 Å². The van der Waals surface area contributed by atoms with Crippen molar-refractivity contribution < 1.29 is 4.39 Å². The van der Waals surface area contributed by atoms with Gasteiger partial charge >= 0.3 is 0 Å². The van der Waals surface area contributed by atoms with Gasteiger partial charge in [0.15, 0.2) is 17.5 Å². The van der Waals surface area contributed by atoms with Crippen LogP contribution in [0.1, 0.15) is 11.3 Å². The van der Waals surface area contributed by atoms with E-state index < -0.39 is 5.82 Å². The molecule has 0 spiro atoms. The smallest absolute Gasteiger partial charge is 0.186 e. The molecule has 2 aromatic heterocycles. The number of halogens is 1. The third-order valence-corrected chi connectivity index (χ3v) is 2.19. The molecule has 2 heterocycles. The second kappa shape index (κ2) is 3.84. The zero-order valence-corrected chi connectivity index (χ0v) is 9.03. The molecule has 0 aromatic carbocycles. The van der Waals surface area contributed by atoms with Crippen LogP contribution in [0.5, 0.6) is 0 Å². The van der Waals surface area contributed by atoms with E-state index in [0.717, 1.165) is 5.56 Å². The van der Waals surface area contributed by atoms with Crippen molar-refractivity contribution in [3.05, 3.63) is 35.4 Å². The van der Waals surface area contributed by atoms with Crippen molar-refractivity contribution in [2.24, 2.45) is 0 Å². The minimum atomic E-state index is -0.573. The number of anilines is 1. The lowest BCUT2D eigenvalue weighted by Crippen LogP contribution is -2.03. The molecule has 16 heavy (non-hydrogen) atoms. The first kappa shape index (κ1) is 10.5. The molecule has 82 valence electrons. The molecular weight excluding hydrogens is 207 g/mol. The van der Waals surface area contributed by atoms with Crippen molar-refractivity contribution in [3.8, 4) is 11.5 Å². The highest BCUT2D eigenvalue weighted by Gasteiger charge is 2.10. The van der Waals surface area contributed by atoms with Gasteiger partial charge < -0.3 is 5.73 Å². The van der Waals surface area contributed by atoms with Crippen molar-refractivity contribution in [1.29, 1.82) is 0 Å². The van der Waals surface area contributed by atoms with Crippen LogP contribution in [0.2, 0.25) is 0 Å². The van der Waals surface area contributed by atoms with Gasteiger partial charge in [-0.3, -0.25) is 4.98 Å². The van der Waals surface area contributed by atoms with Crippen LogP contribution in [0.15, 0.2) is 18.3 Å². The van der Waals surface area contributed by atoms with Crippen molar-refractivity contribution in [1.82, 2.24) is 15.0 Å². The van der Waals surface area contributed by atoms with Crippen LogP contribution in [0, 0.1) is 19.7 Å². The monoisotopic (exact) mass is 218 g/mol. The maximum Gasteiger partial charge on any atom is 0.186 e. The Morgan fingerprint density at radius 1 is 1.25 bits per heavy atom. The Bertz CT molecular complexity index is 516. The predicted octanol–water partition coefficient (Wildman–Crippen LogP) is 1.88. The van der Waals surface area contributed by atoms with Crippen LogP contribution < -0.4 is 5.73 Å². The zero-order chi connectivity index (χ0) is 11.7. The normalized spacial score (nSPS) is 10.4. The van der Waals surface area contributed by atoms with Gasteiger partial charge in [-0.05, 0) is 31.5 Å². The third-order valence-electron chi connectivity index (χ3n) is 2.19. The van der Waals surface area contributed by atoms with E-state index >= 15 is 0 Å². The molecule has 4 nitrogen and oxygen atoms in total. The van der Waals surface area contributed by atoms with E-state index in [1.807, 2.05) is 19.1 Å². The number of nitrogens with zero attached hydrogens (tertiary/aromatic N) is 3. The zero-order valence-electron chi connectivity index (χ0n) is 9.03. The quantitative estimate of drug-likeness (QED) is 0.793. The van der Waals surface area contributed by atoms with Crippen LogP contribution in [0.3, 0.4) is 0 Å². The van der Waals surface area contributed by atoms with Gasteiger partial charge in [-0.2, -0.15) is 0 Å². The summed E-state index contributed by atoms with van der Waals surface area (Å²) in [7, 11) is 0. The lowest BCUT2D eigenvalue weighted by molar-refractivity contribution is 0.608. The van der Waals surface area contributed by atoms with Crippen molar-refractivity contribution in [2.75, 3.05) is 5.73 Å². The highest BCUT2D eigenvalue weighted by molar-refractivity contribution is 5.53. The van der Waals surface area contributed by atoms with Crippen molar-refractivity contribution in [2.45, 2.75) is 13.8 Å². The number of rotatable bonds is 1. The number of aromatic nitrogens is 3. The summed E-state index contributed by atoms with van der Waals surface area (Å²) >= 11 is 0. The van der Waals surface area contributed by atoms with Gasteiger partial charge in [-0.25, -0.2) is 14.4 Å². The Balaban J connectivity index is 2.57. The number of pyridine rings is 1. The van der Waals surface area contributed by atoms with Crippen LogP contribution in [0.25, 0.3) is 11.5 Å². The Kier molecular flexibility index (Phi) is 2.52. The number of hydrogen-bond acceptors (Lipinski definition) is 4. The molecule has 0 saturated carbocycles. The van der Waals surface area contributed by atoms with Gasteiger partial charge in [0, 0.05) is 6.20 Å². The fourth-order valence-corrected chi connectivity index (χ4v) is 1.35. The van der Waals surface area contributed by atoms with Gasteiger partial charge in [-0.1, -0.05) is 0 Å². The molecule has 0 aliphatic rings. The van der Waals surface area contributed by atoms with E-state index in [4.69, 9.17) is 5.73 Å². The van der Waals surface area contributed by atoms with Gasteiger partial charge in [0.1, 0.15) is 5.69 Å². The van der Waals surface area contributed by atoms with Gasteiger partial charge in [0.25, 0.3) is 0 Å². The Morgan fingerprint density at radius 3 is 2.62 bits per heavy atom. The van der Waals surface area contributed by atoms with E-state index in [9.17, 15) is 4.39 Å². The molecule has 0 aliphatic heterocycles. The third kappa shape index (κ3) is 1.84. The molecule has 0 bridgehead atoms. The van der Waals surface area contributed by atoms with Crippen LogP contribution in [-0.4, -0.2) is 15.0 Å². The van der Waals surface area contributed by atoms with Crippen molar-refractivity contribution >= 4 is 5.82 Å².